The van der Waals surface area contributed by atoms with Crippen molar-refractivity contribution in [3.8, 4) is 5.75 Å². The van der Waals surface area contributed by atoms with Crippen molar-refractivity contribution in [1.29, 1.82) is 0 Å². The van der Waals surface area contributed by atoms with E-state index in [4.69, 9.17) is 0 Å². The Morgan fingerprint density at radius 1 is 1.38 bits per heavy atom. The van der Waals surface area contributed by atoms with Crippen LogP contribution < -0.4 is 10.2 Å². The predicted molar refractivity (Wildman–Crippen MR) is 66.5 cm³/mol. The van der Waals surface area contributed by atoms with Gasteiger partial charge in [0, 0.05) is 0 Å². The summed E-state index contributed by atoms with van der Waals surface area (Å²) in [6.45, 7) is 0. The zero-order chi connectivity index (χ0) is 15.9. The van der Waals surface area contributed by atoms with E-state index in [1.54, 1.807) is 0 Å². The summed E-state index contributed by atoms with van der Waals surface area (Å²) in [5, 5.41) is 10.6. The van der Waals surface area contributed by atoms with Crippen LogP contribution in [0.5, 0.6) is 5.75 Å². The normalized spacial score (nSPS) is 12.5. The molecule has 0 saturated carbocycles. The molecule has 0 bridgehead atoms. The number of alkyl halides is 3. The third kappa shape index (κ3) is 6.38. The number of nitro groups is 1. The number of hydrogen-bond acceptors (Lipinski definition) is 6. The van der Waals surface area contributed by atoms with Crippen LogP contribution in [0, 0.1) is 10.1 Å². The molecular weight excluding hydrogens is 295 g/mol. The number of halogens is 3. The number of rotatable bonds is 6. The summed E-state index contributed by atoms with van der Waals surface area (Å²) in [7, 11) is 1.27. The topological polar surface area (TPSA) is 86.0 Å². The summed E-state index contributed by atoms with van der Waals surface area (Å²) in [6, 6.07) is 4.53. The summed E-state index contributed by atoms with van der Waals surface area (Å²) in [4.78, 5) is 18.1. The fraction of sp³-hybridized carbons (Fsp3) is 0.182. The van der Waals surface area contributed by atoms with E-state index in [-0.39, 0.29) is 5.69 Å². The first-order valence-corrected chi connectivity index (χ1v) is 5.35. The Kier molecular flexibility index (Phi) is 5.67. The molecule has 0 radical (unpaired) electrons. The molecule has 0 aliphatic heterocycles. The molecule has 0 aliphatic carbocycles. The monoisotopic (exact) mass is 305 g/mol. The molecule has 10 heteroatoms. The maximum atomic E-state index is 11.9. The number of aliphatic imine (C=N–C) groups is 1. The van der Waals surface area contributed by atoms with Crippen molar-refractivity contribution >= 4 is 11.9 Å². The number of ether oxygens (including phenoxy) is 1. The second-order valence-electron chi connectivity index (χ2n) is 3.45. The first-order valence-electron chi connectivity index (χ1n) is 5.35. The van der Waals surface area contributed by atoms with E-state index in [1.807, 2.05) is 0 Å². The van der Waals surface area contributed by atoms with Crippen molar-refractivity contribution in [2.75, 3.05) is 7.11 Å². The molecule has 1 rings (SSSR count). The molecule has 21 heavy (non-hydrogen) atoms. The minimum absolute atomic E-state index is 0.217. The summed E-state index contributed by atoms with van der Waals surface area (Å²) < 4.78 is 39.5. The molecule has 0 spiro atoms. The fourth-order valence-corrected chi connectivity index (χ4v) is 1.13. The quantitative estimate of drug-likeness (QED) is 0.496. The fourth-order valence-electron chi connectivity index (χ4n) is 1.13. The Labute approximate surface area is 116 Å². The molecule has 0 aromatic heterocycles. The van der Waals surface area contributed by atoms with Crippen molar-refractivity contribution in [3.05, 3.63) is 46.3 Å². The van der Waals surface area contributed by atoms with Crippen molar-refractivity contribution in [2.45, 2.75) is 6.36 Å². The van der Waals surface area contributed by atoms with E-state index in [0.29, 0.717) is 0 Å². The van der Waals surface area contributed by atoms with Crippen LogP contribution in [0.2, 0.25) is 0 Å². The SMILES string of the molecule is CON/C=C(\C=Nc1ccc(OC(F)(F)F)cc1)[N+](=O)[O-]. The molecule has 114 valence electrons. The number of hydrogen-bond donors (Lipinski definition) is 1. The van der Waals surface area contributed by atoms with E-state index in [1.165, 1.54) is 19.2 Å². The van der Waals surface area contributed by atoms with Gasteiger partial charge in [0.25, 0.3) is 0 Å². The number of nitrogens with zero attached hydrogens (tertiary/aromatic N) is 2. The largest absolute Gasteiger partial charge is 0.573 e. The Hall–Kier alpha value is -2.62. The van der Waals surface area contributed by atoms with E-state index in [9.17, 15) is 23.3 Å². The highest BCUT2D eigenvalue weighted by atomic mass is 19.4. The zero-order valence-corrected chi connectivity index (χ0v) is 10.6. The van der Waals surface area contributed by atoms with Crippen LogP contribution in [0.15, 0.2) is 41.2 Å². The third-order valence-corrected chi connectivity index (χ3v) is 1.95. The van der Waals surface area contributed by atoms with Gasteiger partial charge >= 0.3 is 12.1 Å². The van der Waals surface area contributed by atoms with Gasteiger partial charge in [0.05, 0.1) is 17.7 Å². The molecule has 0 fully saturated rings. The van der Waals surface area contributed by atoms with Gasteiger partial charge in [-0.2, -0.15) is 0 Å². The Bertz CT molecular complexity index is 541. The summed E-state index contributed by atoms with van der Waals surface area (Å²) in [6.07, 6.45) is -2.89. The van der Waals surface area contributed by atoms with Gasteiger partial charge in [0.15, 0.2) is 0 Å². The van der Waals surface area contributed by atoms with Crippen LogP contribution >= 0.6 is 0 Å². The second-order valence-corrected chi connectivity index (χ2v) is 3.45. The van der Waals surface area contributed by atoms with Gasteiger partial charge in [-0.1, -0.05) is 0 Å². The lowest BCUT2D eigenvalue weighted by Gasteiger charge is -2.08. The number of benzene rings is 1. The molecule has 0 amide bonds. The van der Waals surface area contributed by atoms with Gasteiger partial charge < -0.3 is 4.74 Å². The maximum absolute atomic E-state index is 11.9. The Morgan fingerprint density at radius 2 is 2.00 bits per heavy atom. The van der Waals surface area contributed by atoms with E-state index < -0.39 is 22.7 Å². The van der Waals surface area contributed by atoms with Crippen LogP contribution in [0.3, 0.4) is 0 Å². The summed E-state index contributed by atoms with van der Waals surface area (Å²) in [5.41, 5.74) is 1.98. The molecule has 1 aromatic rings. The van der Waals surface area contributed by atoms with Gasteiger partial charge in [-0.25, -0.2) is 4.99 Å². The number of allylic oxidation sites excluding steroid dienone is 1. The van der Waals surface area contributed by atoms with E-state index in [0.717, 1.165) is 24.5 Å². The molecule has 0 saturated heterocycles. The maximum Gasteiger partial charge on any atom is 0.573 e. The molecule has 0 atom stereocenters. The van der Waals surface area contributed by atoms with E-state index >= 15 is 0 Å². The van der Waals surface area contributed by atoms with Gasteiger partial charge in [-0.15, -0.1) is 13.2 Å². The molecule has 0 heterocycles. The lowest BCUT2D eigenvalue weighted by Crippen LogP contribution is -2.16. The molecule has 1 aromatic carbocycles. The van der Waals surface area contributed by atoms with Gasteiger partial charge in [-0.3, -0.25) is 20.4 Å². The highest BCUT2D eigenvalue weighted by molar-refractivity contribution is 5.78. The minimum atomic E-state index is -4.78. The minimum Gasteiger partial charge on any atom is -0.406 e. The Balaban J connectivity index is 2.78. The van der Waals surface area contributed by atoms with Crippen LogP contribution in [0.1, 0.15) is 0 Å². The highest BCUT2D eigenvalue weighted by Gasteiger charge is 2.30. The second kappa shape index (κ2) is 7.24. The molecular formula is C11H10F3N3O4. The van der Waals surface area contributed by atoms with Crippen molar-refractivity contribution in [2.24, 2.45) is 4.99 Å². The Morgan fingerprint density at radius 3 is 2.48 bits per heavy atom. The summed E-state index contributed by atoms with van der Waals surface area (Å²) in [5.74, 6) is -0.410. The number of hydroxylamine groups is 1. The van der Waals surface area contributed by atoms with Crippen LogP contribution in [0.4, 0.5) is 18.9 Å². The van der Waals surface area contributed by atoms with Crippen molar-refractivity contribution < 1.29 is 27.7 Å². The number of nitrogens with one attached hydrogen (secondary N) is 1. The summed E-state index contributed by atoms with van der Waals surface area (Å²) >= 11 is 0. The molecule has 0 aliphatic rings. The van der Waals surface area contributed by atoms with E-state index in [2.05, 4.69) is 20.0 Å². The smallest absolute Gasteiger partial charge is 0.406 e. The molecule has 1 N–H and O–H groups in total. The van der Waals surface area contributed by atoms with Gasteiger partial charge in [-0.05, 0) is 24.3 Å². The lowest BCUT2D eigenvalue weighted by molar-refractivity contribution is -0.415. The average molecular weight is 305 g/mol. The predicted octanol–water partition coefficient (Wildman–Crippen LogP) is 2.56. The highest BCUT2D eigenvalue weighted by Crippen LogP contribution is 2.24. The zero-order valence-electron chi connectivity index (χ0n) is 10.6. The van der Waals surface area contributed by atoms with Crippen molar-refractivity contribution in [1.82, 2.24) is 5.48 Å². The van der Waals surface area contributed by atoms with Crippen LogP contribution in [-0.2, 0) is 4.84 Å². The lowest BCUT2D eigenvalue weighted by atomic mass is 10.3. The molecule has 0 unspecified atom stereocenters. The third-order valence-electron chi connectivity index (χ3n) is 1.95. The molecule has 7 nitrogen and oxygen atoms in total. The van der Waals surface area contributed by atoms with Crippen LogP contribution in [-0.4, -0.2) is 24.6 Å². The van der Waals surface area contributed by atoms with Gasteiger partial charge in [0.2, 0.25) is 0 Å². The first-order chi connectivity index (χ1) is 9.81. The van der Waals surface area contributed by atoms with Crippen LogP contribution in [0.25, 0.3) is 0 Å². The first kappa shape index (κ1) is 16.4. The van der Waals surface area contributed by atoms with Crippen molar-refractivity contribution in [3.63, 3.8) is 0 Å². The standard InChI is InChI=1S/C11H10F3N3O4/c1-20-16-7-9(17(18)19)6-15-8-2-4-10(5-3-8)21-11(12,13)14/h2-7,16H,1H3/b9-7+,15-6?. The average Bonchev–Trinajstić information content (AvgIpc) is 2.38. The van der Waals surface area contributed by atoms with Gasteiger partial charge in [0.1, 0.15) is 18.2 Å².